The lowest BCUT2D eigenvalue weighted by Gasteiger charge is -2.03. The zero-order valence-electron chi connectivity index (χ0n) is 7.60. The lowest BCUT2D eigenvalue weighted by molar-refractivity contribution is 0.412. The number of fused-ring (bicyclic) bond motifs is 1. The van der Waals surface area contributed by atoms with E-state index in [0.29, 0.717) is 11.4 Å². The van der Waals surface area contributed by atoms with Crippen LogP contribution < -0.4 is 16.0 Å². The van der Waals surface area contributed by atoms with Crippen molar-refractivity contribution < 1.29 is 4.74 Å². The number of nitrogens with zero attached hydrogens (tertiary/aromatic N) is 2. The van der Waals surface area contributed by atoms with Gasteiger partial charge in [0.1, 0.15) is 17.1 Å². The molecule has 0 spiro atoms. The number of nitrogens with two attached hydrogens (primary N) is 1. The van der Waals surface area contributed by atoms with Gasteiger partial charge in [-0.3, -0.25) is 9.20 Å². The third-order valence-electron chi connectivity index (χ3n) is 1.94. The summed E-state index contributed by atoms with van der Waals surface area (Å²) in [4.78, 5) is 15.5. The van der Waals surface area contributed by atoms with Crippen LogP contribution in [0.25, 0.3) is 5.65 Å². The van der Waals surface area contributed by atoms with Gasteiger partial charge >= 0.3 is 0 Å². The van der Waals surface area contributed by atoms with Crippen LogP contribution in [-0.4, -0.2) is 16.5 Å². The molecule has 72 valence electrons. The quantitative estimate of drug-likeness (QED) is 0.703. The molecule has 0 aliphatic rings. The molecule has 5 nitrogen and oxygen atoms in total. The fourth-order valence-electron chi connectivity index (χ4n) is 1.19. The van der Waals surface area contributed by atoms with Gasteiger partial charge in [0.05, 0.1) is 19.5 Å². The van der Waals surface area contributed by atoms with Crippen LogP contribution in [0.15, 0.2) is 29.3 Å². The Morgan fingerprint density at radius 1 is 1.50 bits per heavy atom. The molecule has 0 atom stereocenters. The lowest BCUT2D eigenvalue weighted by Crippen LogP contribution is -2.18. The van der Waals surface area contributed by atoms with Crippen LogP contribution in [0.5, 0.6) is 5.75 Å². The zero-order chi connectivity index (χ0) is 10.1. The maximum atomic E-state index is 11.5. The van der Waals surface area contributed by atoms with E-state index in [1.54, 1.807) is 18.3 Å². The fraction of sp³-hybridized carbons (Fsp3) is 0.111. The molecule has 2 aromatic heterocycles. The summed E-state index contributed by atoms with van der Waals surface area (Å²) in [7, 11) is 1.53. The van der Waals surface area contributed by atoms with Crippen LogP contribution >= 0.6 is 0 Å². The van der Waals surface area contributed by atoms with Crippen LogP contribution in [0.3, 0.4) is 0 Å². The lowest BCUT2D eigenvalue weighted by atomic mass is 10.4. The Morgan fingerprint density at radius 2 is 2.29 bits per heavy atom. The highest BCUT2D eigenvalue weighted by Gasteiger charge is 2.01. The summed E-state index contributed by atoms with van der Waals surface area (Å²) >= 11 is 0. The highest BCUT2D eigenvalue weighted by atomic mass is 16.5. The maximum absolute atomic E-state index is 11.5. The molecule has 0 bridgehead atoms. The van der Waals surface area contributed by atoms with Gasteiger partial charge in [-0.15, -0.1) is 0 Å². The Bertz CT molecular complexity index is 533. The van der Waals surface area contributed by atoms with Gasteiger partial charge in [-0.2, -0.15) is 0 Å². The fourth-order valence-corrected chi connectivity index (χ4v) is 1.19. The van der Waals surface area contributed by atoms with E-state index < -0.39 is 0 Å². The molecule has 0 saturated carbocycles. The normalized spacial score (nSPS) is 10.4. The van der Waals surface area contributed by atoms with Crippen molar-refractivity contribution in [3.05, 3.63) is 34.9 Å². The Hall–Kier alpha value is -2.04. The number of nitrogen functional groups attached to an aromatic ring is 1. The van der Waals surface area contributed by atoms with Gasteiger partial charge in [-0.25, -0.2) is 4.98 Å². The molecule has 0 radical (unpaired) electrons. The van der Waals surface area contributed by atoms with E-state index in [1.165, 1.54) is 17.7 Å². The molecule has 0 aromatic carbocycles. The zero-order valence-corrected chi connectivity index (χ0v) is 7.60. The maximum Gasteiger partial charge on any atom is 0.281 e. The predicted octanol–water partition coefficient (Wildman–Crippen LogP) is 0.285. The Kier molecular flexibility index (Phi) is 1.85. The van der Waals surface area contributed by atoms with Gasteiger partial charge in [0.25, 0.3) is 5.56 Å². The van der Waals surface area contributed by atoms with Gasteiger partial charge in [0.2, 0.25) is 0 Å². The molecule has 14 heavy (non-hydrogen) atoms. The Labute approximate surface area is 79.8 Å². The van der Waals surface area contributed by atoms with Crippen LogP contribution in [0.2, 0.25) is 0 Å². The highest BCUT2D eigenvalue weighted by molar-refractivity contribution is 5.45. The Morgan fingerprint density at radius 3 is 3.00 bits per heavy atom. The van der Waals surface area contributed by atoms with Crippen molar-refractivity contribution in [2.45, 2.75) is 0 Å². The van der Waals surface area contributed by atoms with Gasteiger partial charge in [-0.05, 0) is 12.1 Å². The molecule has 0 unspecified atom stereocenters. The van der Waals surface area contributed by atoms with Crippen LogP contribution in [0, 0.1) is 0 Å². The predicted molar refractivity (Wildman–Crippen MR) is 52.4 cm³/mol. The molecular formula is C9H9N3O2. The molecule has 2 aromatic rings. The molecule has 2 N–H and O–H groups in total. The molecule has 0 amide bonds. The second kappa shape index (κ2) is 3.02. The van der Waals surface area contributed by atoms with Crippen molar-refractivity contribution in [1.82, 2.24) is 9.38 Å². The van der Waals surface area contributed by atoms with Crippen molar-refractivity contribution >= 4 is 11.3 Å². The number of rotatable bonds is 1. The van der Waals surface area contributed by atoms with Crippen LogP contribution in [-0.2, 0) is 0 Å². The van der Waals surface area contributed by atoms with E-state index in [1.807, 2.05) is 0 Å². The number of hydrogen-bond donors (Lipinski definition) is 1. The average molecular weight is 191 g/mol. The topological polar surface area (TPSA) is 69.6 Å². The van der Waals surface area contributed by atoms with Crippen molar-refractivity contribution in [2.24, 2.45) is 0 Å². The summed E-state index contributed by atoms with van der Waals surface area (Å²) in [6.07, 6.45) is 2.91. The first-order valence-corrected chi connectivity index (χ1v) is 4.03. The smallest absolute Gasteiger partial charge is 0.281 e. The van der Waals surface area contributed by atoms with Gasteiger partial charge < -0.3 is 10.5 Å². The second-order valence-corrected chi connectivity index (χ2v) is 2.82. The minimum Gasteiger partial charge on any atom is -0.495 e. The first-order valence-electron chi connectivity index (χ1n) is 4.03. The van der Waals surface area contributed by atoms with Gasteiger partial charge in [0, 0.05) is 0 Å². The van der Waals surface area contributed by atoms with Crippen molar-refractivity contribution in [2.75, 3.05) is 12.8 Å². The van der Waals surface area contributed by atoms with E-state index >= 15 is 0 Å². The summed E-state index contributed by atoms with van der Waals surface area (Å²) in [6.45, 7) is 0. The number of hydrogen-bond acceptors (Lipinski definition) is 4. The summed E-state index contributed by atoms with van der Waals surface area (Å²) in [6, 6.07) is 3.43. The number of ether oxygens (including phenoxy) is 1. The minimum atomic E-state index is -0.283. The second-order valence-electron chi connectivity index (χ2n) is 2.82. The number of aromatic nitrogens is 2. The summed E-state index contributed by atoms with van der Waals surface area (Å²) < 4.78 is 6.34. The first-order chi connectivity index (χ1) is 6.72. The third-order valence-corrected chi connectivity index (χ3v) is 1.94. The van der Waals surface area contributed by atoms with Gasteiger partial charge in [-0.1, -0.05) is 0 Å². The largest absolute Gasteiger partial charge is 0.495 e. The number of methoxy groups -OCH3 is 1. The van der Waals surface area contributed by atoms with E-state index in [2.05, 4.69) is 4.98 Å². The first kappa shape index (κ1) is 8.55. The third kappa shape index (κ3) is 1.19. The van der Waals surface area contributed by atoms with E-state index in [9.17, 15) is 4.79 Å². The summed E-state index contributed by atoms with van der Waals surface area (Å²) in [5, 5.41) is 0. The standard InChI is InChI=1S/C9H9N3O2/c1-14-6-2-3-8-11-4-7(10)9(13)12(8)5-6/h2-5H,10H2,1H3. The SMILES string of the molecule is COc1ccc2ncc(N)c(=O)n2c1. The molecule has 0 aliphatic heterocycles. The minimum absolute atomic E-state index is 0.121. The van der Waals surface area contributed by atoms with E-state index in [4.69, 9.17) is 10.5 Å². The van der Waals surface area contributed by atoms with Crippen LogP contribution in [0.4, 0.5) is 5.69 Å². The van der Waals surface area contributed by atoms with Crippen molar-refractivity contribution in [1.29, 1.82) is 0 Å². The van der Waals surface area contributed by atoms with Gasteiger partial charge in [0.15, 0.2) is 0 Å². The summed E-state index contributed by atoms with van der Waals surface area (Å²) in [5.41, 5.74) is 5.82. The van der Waals surface area contributed by atoms with Crippen LogP contribution in [0.1, 0.15) is 0 Å². The monoisotopic (exact) mass is 191 g/mol. The molecule has 0 aliphatic carbocycles. The molecule has 0 saturated heterocycles. The molecule has 2 heterocycles. The van der Waals surface area contributed by atoms with E-state index in [-0.39, 0.29) is 11.2 Å². The molecular weight excluding hydrogens is 182 g/mol. The Balaban J connectivity index is 2.85. The molecule has 2 rings (SSSR count). The highest BCUT2D eigenvalue weighted by Crippen LogP contribution is 2.09. The van der Waals surface area contributed by atoms with Crippen molar-refractivity contribution in [3.63, 3.8) is 0 Å². The van der Waals surface area contributed by atoms with E-state index in [0.717, 1.165) is 0 Å². The molecule has 0 fully saturated rings. The summed E-state index contributed by atoms with van der Waals surface area (Å²) in [5.74, 6) is 0.590. The number of anilines is 1. The van der Waals surface area contributed by atoms with Crippen molar-refractivity contribution in [3.8, 4) is 5.75 Å². The molecule has 5 heteroatoms. The average Bonchev–Trinajstić information content (AvgIpc) is 2.23. The number of pyridine rings is 1.